The number of amides is 2. The number of thiophene rings is 1. The van der Waals surface area contributed by atoms with Gasteiger partial charge in [0, 0.05) is 16.9 Å². The molecule has 5 nitrogen and oxygen atoms in total. The van der Waals surface area contributed by atoms with Crippen molar-refractivity contribution in [2.45, 2.75) is 26.2 Å². The lowest BCUT2D eigenvalue weighted by molar-refractivity contribution is -0.116. The number of ether oxygens (including phenoxy) is 1. The van der Waals surface area contributed by atoms with E-state index in [1.165, 1.54) is 28.9 Å². The van der Waals surface area contributed by atoms with E-state index in [1.54, 1.807) is 36.6 Å². The first kappa shape index (κ1) is 19.7. The lowest BCUT2D eigenvalue weighted by Crippen LogP contribution is -2.34. The molecule has 1 heterocycles. The topological polar surface area (TPSA) is 58.6 Å². The number of carbonyl (C=O) groups excluding carboxylic acids is 2. The molecule has 0 spiro atoms. The Hall–Kier alpha value is -2.05. The molecule has 0 aliphatic heterocycles. The summed E-state index contributed by atoms with van der Waals surface area (Å²) in [7, 11) is 3.16. The van der Waals surface area contributed by atoms with E-state index in [4.69, 9.17) is 16.3 Å². The Balaban J connectivity index is 1.65. The van der Waals surface area contributed by atoms with Gasteiger partial charge in [0.1, 0.15) is 5.75 Å². The van der Waals surface area contributed by atoms with Crippen LogP contribution in [0.25, 0.3) is 0 Å². The molecule has 0 bridgehead atoms. The van der Waals surface area contributed by atoms with E-state index in [-0.39, 0.29) is 18.4 Å². The number of hydrogen-bond donors (Lipinski definition) is 1. The zero-order valence-corrected chi connectivity index (χ0v) is 17.2. The minimum absolute atomic E-state index is 0.0481. The van der Waals surface area contributed by atoms with Crippen molar-refractivity contribution in [1.82, 2.24) is 4.90 Å². The van der Waals surface area contributed by atoms with E-state index in [0.717, 1.165) is 12.8 Å². The fourth-order valence-electron chi connectivity index (χ4n) is 3.25. The van der Waals surface area contributed by atoms with Crippen LogP contribution in [0, 0.1) is 5.92 Å². The van der Waals surface area contributed by atoms with Gasteiger partial charge in [-0.25, -0.2) is 0 Å². The second-order valence-electron chi connectivity index (χ2n) is 6.96. The fraction of sp³-hybridized carbons (Fsp3) is 0.400. The number of likely N-dealkylation sites (N-methyl/N-ethyl adjacent to an activating group) is 1. The molecule has 1 aliphatic rings. The SMILES string of the molecule is COc1ccc(Cl)cc1NC(=O)CN(C)C(=O)c1cc2c(s1)CC[C@H](C)C2. The first-order chi connectivity index (χ1) is 12.9. The first-order valence-corrected chi connectivity index (χ1v) is 10.1. The van der Waals surface area contributed by atoms with E-state index < -0.39 is 0 Å². The van der Waals surface area contributed by atoms with Gasteiger partial charge in [0.25, 0.3) is 5.91 Å². The van der Waals surface area contributed by atoms with Crippen LogP contribution in [0.5, 0.6) is 5.75 Å². The lowest BCUT2D eigenvalue weighted by Gasteiger charge is -2.17. The summed E-state index contributed by atoms with van der Waals surface area (Å²) < 4.78 is 5.23. The smallest absolute Gasteiger partial charge is 0.264 e. The third-order valence-corrected chi connectivity index (χ3v) is 6.16. The number of carbonyl (C=O) groups is 2. The van der Waals surface area contributed by atoms with Gasteiger partial charge in [0.15, 0.2) is 0 Å². The van der Waals surface area contributed by atoms with E-state index >= 15 is 0 Å². The van der Waals surface area contributed by atoms with Crippen LogP contribution in [0.3, 0.4) is 0 Å². The minimum atomic E-state index is -0.304. The lowest BCUT2D eigenvalue weighted by atomic mass is 9.90. The maximum atomic E-state index is 12.7. The third-order valence-electron chi connectivity index (χ3n) is 4.70. The van der Waals surface area contributed by atoms with Crippen molar-refractivity contribution < 1.29 is 14.3 Å². The van der Waals surface area contributed by atoms with Gasteiger partial charge in [-0.15, -0.1) is 11.3 Å². The largest absolute Gasteiger partial charge is 0.495 e. The number of halogens is 1. The standard InChI is InChI=1S/C20H23ClN2O3S/c1-12-4-7-17-13(8-12)9-18(27-17)20(25)23(2)11-19(24)22-15-10-14(21)5-6-16(15)26-3/h5-6,9-10,12H,4,7-8,11H2,1-3H3,(H,22,24)/t12-/m0/s1. The van der Waals surface area contributed by atoms with Gasteiger partial charge < -0.3 is 15.0 Å². The van der Waals surface area contributed by atoms with Crippen LogP contribution in [0.1, 0.15) is 33.5 Å². The Bertz CT molecular complexity index is 865. The Morgan fingerprint density at radius 3 is 2.89 bits per heavy atom. The number of fused-ring (bicyclic) bond motifs is 1. The Kier molecular flexibility index (Phi) is 6.07. The highest BCUT2D eigenvalue weighted by Crippen LogP contribution is 2.32. The van der Waals surface area contributed by atoms with Crippen molar-refractivity contribution >= 4 is 40.4 Å². The molecule has 0 unspecified atom stereocenters. The summed E-state index contributed by atoms with van der Waals surface area (Å²) >= 11 is 7.54. The fourth-order valence-corrected chi connectivity index (χ4v) is 4.63. The molecule has 1 atom stereocenters. The second-order valence-corrected chi connectivity index (χ2v) is 8.53. The number of nitrogens with zero attached hydrogens (tertiary/aromatic N) is 1. The monoisotopic (exact) mass is 406 g/mol. The van der Waals surface area contributed by atoms with Crippen LogP contribution < -0.4 is 10.1 Å². The van der Waals surface area contributed by atoms with Crippen molar-refractivity contribution in [3.05, 3.63) is 44.6 Å². The van der Waals surface area contributed by atoms with Crippen molar-refractivity contribution in [1.29, 1.82) is 0 Å². The van der Waals surface area contributed by atoms with Gasteiger partial charge in [0.2, 0.25) is 5.91 Å². The molecule has 27 heavy (non-hydrogen) atoms. The summed E-state index contributed by atoms with van der Waals surface area (Å²) in [6.07, 6.45) is 3.23. The Labute approximate surface area is 168 Å². The van der Waals surface area contributed by atoms with Crippen LogP contribution in [0.4, 0.5) is 5.69 Å². The predicted molar refractivity (Wildman–Crippen MR) is 109 cm³/mol. The van der Waals surface area contributed by atoms with Gasteiger partial charge in [-0.1, -0.05) is 18.5 Å². The summed E-state index contributed by atoms with van der Waals surface area (Å²) in [5.74, 6) is 0.740. The van der Waals surface area contributed by atoms with Crippen molar-refractivity contribution in [2.24, 2.45) is 5.92 Å². The van der Waals surface area contributed by atoms with Crippen LogP contribution in [0.2, 0.25) is 5.02 Å². The van der Waals surface area contributed by atoms with Gasteiger partial charge in [-0.05, 0) is 55.0 Å². The normalized spacial score (nSPS) is 15.8. The molecule has 2 aromatic rings. The summed E-state index contributed by atoms with van der Waals surface area (Å²) in [4.78, 5) is 28.5. The quantitative estimate of drug-likeness (QED) is 0.807. The number of rotatable bonds is 5. The van der Waals surface area contributed by atoms with Gasteiger partial charge in [-0.3, -0.25) is 9.59 Å². The molecule has 1 aromatic carbocycles. The number of methoxy groups -OCH3 is 1. The molecule has 2 amide bonds. The number of benzene rings is 1. The summed E-state index contributed by atoms with van der Waals surface area (Å²) in [6.45, 7) is 2.19. The number of anilines is 1. The molecule has 1 aromatic heterocycles. The third kappa shape index (κ3) is 4.62. The molecule has 0 fully saturated rings. The maximum absolute atomic E-state index is 12.7. The molecular formula is C20H23ClN2O3S. The van der Waals surface area contributed by atoms with E-state index in [0.29, 0.717) is 27.3 Å². The molecule has 7 heteroatoms. The highest BCUT2D eigenvalue weighted by Gasteiger charge is 2.23. The molecule has 3 rings (SSSR count). The molecular weight excluding hydrogens is 384 g/mol. The second kappa shape index (κ2) is 8.31. The van der Waals surface area contributed by atoms with Crippen LogP contribution in [0.15, 0.2) is 24.3 Å². The van der Waals surface area contributed by atoms with Crippen molar-refractivity contribution in [3.8, 4) is 5.75 Å². The maximum Gasteiger partial charge on any atom is 0.264 e. The molecule has 144 valence electrons. The first-order valence-electron chi connectivity index (χ1n) is 8.87. The zero-order chi connectivity index (χ0) is 19.6. The molecule has 1 aliphatic carbocycles. The van der Waals surface area contributed by atoms with E-state index in [2.05, 4.69) is 12.2 Å². The van der Waals surface area contributed by atoms with Gasteiger partial charge in [-0.2, -0.15) is 0 Å². The number of hydrogen-bond acceptors (Lipinski definition) is 4. The molecule has 0 saturated heterocycles. The van der Waals surface area contributed by atoms with Gasteiger partial charge >= 0.3 is 0 Å². The van der Waals surface area contributed by atoms with Crippen LogP contribution >= 0.6 is 22.9 Å². The van der Waals surface area contributed by atoms with E-state index in [1.807, 2.05) is 6.07 Å². The molecule has 1 N–H and O–H groups in total. The summed E-state index contributed by atoms with van der Waals surface area (Å²) in [5.41, 5.74) is 1.76. The Morgan fingerprint density at radius 1 is 1.37 bits per heavy atom. The predicted octanol–water partition coefficient (Wildman–Crippen LogP) is 4.25. The summed E-state index contributed by atoms with van der Waals surface area (Å²) in [6, 6.07) is 6.98. The number of aryl methyl sites for hydroxylation is 1. The average Bonchev–Trinajstić information content (AvgIpc) is 3.04. The highest BCUT2D eigenvalue weighted by atomic mass is 35.5. The number of nitrogens with one attached hydrogen (secondary N) is 1. The Morgan fingerprint density at radius 2 is 2.15 bits per heavy atom. The van der Waals surface area contributed by atoms with Crippen LogP contribution in [-0.4, -0.2) is 37.4 Å². The minimum Gasteiger partial charge on any atom is -0.495 e. The van der Waals surface area contributed by atoms with Gasteiger partial charge in [0.05, 0.1) is 24.2 Å². The molecule has 0 saturated carbocycles. The van der Waals surface area contributed by atoms with Crippen LogP contribution in [-0.2, 0) is 17.6 Å². The molecule has 0 radical (unpaired) electrons. The highest BCUT2D eigenvalue weighted by molar-refractivity contribution is 7.14. The summed E-state index contributed by atoms with van der Waals surface area (Å²) in [5, 5.41) is 3.25. The van der Waals surface area contributed by atoms with Crippen molar-refractivity contribution in [2.75, 3.05) is 26.0 Å². The van der Waals surface area contributed by atoms with E-state index in [9.17, 15) is 9.59 Å². The zero-order valence-electron chi connectivity index (χ0n) is 15.7. The van der Waals surface area contributed by atoms with Crippen molar-refractivity contribution in [3.63, 3.8) is 0 Å². The average molecular weight is 407 g/mol.